The summed E-state index contributed by atoms with van der Waals surface area (Å²) in [6.07, 6.45) is 0. The predicted octanol–water partition coefficient (Wildman–Crippen LogP) is 5.15. The van der Waals surface area contributed by atoms with E-state index in [2.05, 4.69) is 6.07 Å². The van der Waals surface area contributed by atoms with Crippen LogP contribution >= 0.6 is 23.2 Å². The number of halogens is 2. The van der Waals surface area contributed by atoms with Crippen molar-refractivity contribution in [3.63, 3.8) is 0 Å². The minimum atomic E-state index is -0.750. The molecule has 0 N–H and O–H groups in total. The van der Waals surface area contributed by atoms with Gasteiger partial charge in [0.05, 0.1) is 57.2 Å². The number of aryl methyl sites for hydroxylation is 1. The number of hydrogen-bond donors (Lipinski definition) is 0. The molecule has 2 heterocycles. The molecule has 4 aromatic rings. The lowest BCUT2D eigenvalue weighted by atomic mass is 10.0. The molecule has 0 unspecified atom stereocenters. The molecule has 0 spiro atoms. The van der Waals surface area contributed by atoms with E-state index >= 15 is 0 Å². The topological polar surface area (TPSA) is 109 Å². The van der Waals surface area contributed by atoms with E-state index in [1.807, 2.05) is 37.3 Å². The number of nitriles is 1. The van der Waals surface area contributed by atoms with Crippen molar-refractivity contribution in [2.45, 2.75) is 6.92 Å². The number of fused-ring (bicyclic) bond motifs is 1. The lowest BCUT2D eigenvalue weighted by Gasteiger charge is -2.27. The van der Waals surface area contributed by atoms with Crippen LogP contribution in [-0.2, 0) is 16.3 Å². The van der Waals surface area contributed by atoms with E-state index in [4.69, 9.17) is 36.4 Å². The first-order valence-electron chi connectivity index (χ1n) is 11.8. The number of carbonyl (C=O) groups is 2. The van der Waals surface area contributed by atoms with E-state index in [9.17, 15) is 14.9 Å². The molecule has 39 heavy (non-hydrogen) atoms. The van der Waals surface area contributed by atoms with Crippen LogP contribution in [0, 0.1) is 18.3 Å². The molecule has 5 rings (SSSR count). The maximum absolute atomic E-state index is 14.1. The van der Waals surface area contributed by atoms with Crippen molar-refractivity contribution in [3.05, 3.63) is 98.7 Å². The van der Waals surface area contributed by atoms with Crippen LogP contribution in [-0.4, -0.2) is 55.9 Å². The fourth-order valence-corrected chi connectivity index (χ4v) is 5.18. The Morgan fingerprint density at radius 1 is 1.00 bits per heavy atom. The molecule has 0 saturated carbocycles. The standard InChI is InChI=1S/C28H21Cl2N3O3.O2S/c1-17-13-18(16-31)14-23-21(17)15-24(33(23)19-5-3-2-4-6-19)27(34)25-22(29)8-7-20(26(25)30)28(35)32-9-11-36-12-10-32;1-3-2/h2-8,13-15H,9-12H2,1H3;. The zero-order chi connectivity index (χ0) is 28.1. The molecule has 198 valence electrons. The maximum atomic E-state index is 14.1. The molecule has 0 bridgehead atoms. The molecule has 1 amide bonds. The summed E-state index contributed by atoms with van der Waals surface area (Å²) >= 11 is 12.5. The summed E-state index contributed by atoms with van der Waals surface area (Å²) in [6.45, 7) is 3.69. The Labute approximate surface area is 237 Å². The number of hydrogen-bond acceptors (Lipinski definition) is 6. The highest BCUT2D eigenvalue weighted by atomic mass is 35.5. The summed E-state index contributed by atoms with van der Waals surface area (Å²) in [5, 5.41) is 10.5. The number of morpholine rings is 1. The van der Waals surface area contributed by atoms with Gasteiger partial charge in [0.15, 0.2) is 0 Å². The van der Waals surface area contributed by atoms with Gasteiger partial charge in [-0.2, -0.15) is 13.7 Å². The minimum absolute atomic E-state index is 0.0169. The highest BCUT2D eigenvalue weighted by molar-refractivity contribution is 7.51. The van der Waals surface area contributed by atoms with E-state index in [0.717, 1.165) is 16.6 Å². The van der Waals surface area contributed by atoms with Gasteiger partial charge in [-0.25, -0.2) is 0 Å². The molecular formula is C28H21Cl2N3O5S. The summed E-state index contributed by atoms with van der Waals surface area (Å²) in [7, 11) is 0. The number of ketones is 1. The van der Waals surface area contributed by atoms with Gasteiger partial charge in [-0.05, 0) is 55.0 Å². The molecule has 8 nitrogen and oxygen atoms in total. The van der Waals surface area contributed by atoms with Gasteiger partial charge in [-0.15, -0.1) is 0 Å². The normalized spacial score (nSPS) is 12.8. The van der Waals surface area contributed by atoms with Gasteiger partial charge in [0, 0.05) is 24.2 Å². The van der Waals surface area contributed by atoms with Crippen LogP contribution in [0.4, 0.5) is 0 Å². The van der Waals surface area contributed by atoms with Crippen LogP contribution in [0.1, 0.15) is 37.5 Å². The second-order valence-corrected chi connectivity index (χ2v) is 9.55. The average Bonchev–Trinajstić information content (AvgIpc) is 3.34. The van der Waals surface area contributed by atoms with Crippen LogP contribution in [0.25, 0.3) is 16.6 Å². The van der Waals surface area contributed by atoms with Crippen molar-refractivity contribution >= 4 is 57.4 Å². The second-order valence-electron chi connectivity index (χ2n) is 8.62. The summed E-state index contributed by atoms with van der Waals surface area (Å²) in [5.74, 6) is -0.688. The zero-order valence-electron chi connectivity index (χ0n) is 20.6. The molecule has 0 atom stereocenters. The summed E-state index contributed by atoms with van der Waals surface area (Å²) in [4.78, 5) is 28.9. The van der Waals surface area contributed by atoms with Gasteiger partial charge in [0.25, 0.3) is 5.91 Å². The zero-order valence-corrected chi connectivity index (χ0v) is 23.0. The first-order chi connectivity index (χ1) is 18.8. The Balaban J connectivity index is 0.00000112. The fraction of sp³-hybridized carbons (Fsp3) is 0.179. The monoisotopic (exact) mass is 581 g/mol. The largest absolute Gasteiger partial charge is 0.378 e. The molecule has 1 aromatic heterocycles. The molecule has 1 aliphatic rings. The van der Waals surface area contributed by atoms with Crippen LogP contribution < -0.4 is 0 Å². The molecule has 1 aliphatic heterocycles. The van der Waals surface area contributed by atoms with E-state index in [1.165, 1.54) is 6.07 Å². The molecule has 1 fully saturated rings. The number of carbonyl (C=O) groups excluding carboxylic acids is 2. The number of para-hydroxylation sites is 1. The van der Waals surface area contributed by atoms with E-state index in [-0.39, 0.29) is 27.1 Å². The fourth-order valence-electron chi connectivity index (χ4n) is 4.56. The van der Waals surface area contributed by atoms with Crippen LogP contribution in [0.15, 0.2) is 60.7 Å². The highest BCUT2D eigenvalue weighted by Crippen LogP contribution is 2.35. The predicted molar refractivity (Wildman–Crippen MR) is 148 cm³/mol. The molecule has 0 radical (unpaired) electrons. The first-order valence-corrected chi connectivity index (χ1v) is 13.2. The second kappa shape index (κ2) is 12.4. The number of ether oxygens (including phenoxy) is 1. The Kier molecular flexibility index (Phi) is 8.94. The lowest BCUT2D eigenvalue weighted by Crippen LogP contribution is -2.40. The third-order valence-corrected chi connectivity index (χ3v) is 7.06. The van der Waals surface area contributed by atoms with Crippen LogP contribution in [0.3, 0.4) is 0 Å². The quantitative estimate of drug-likeness (QED) is 0.308. The first kappa shape index (κ1) is 28.2. The summed E-state index contributed by atoms with van der Waals surface area (Å²) in [6, 6.07) is 20.0. The Morgan fingerprint density at radius 2 is 1.67 bits per heavy atom. The number of nitrogens with zero attached hydrogens (tertiary/aromatic N) is 3. The molecule has 1 saturated heterocycles. The van der Waals surface area contributed by atoms with Gasteiger partial charge < -0.3 is 14.2 Å². The van der Waals surface area contributed by atoms with Crippen molar-refractivity contribution in [3.8, 4) is 11.8 Å². The number of aromatic nitrogens is 1. The number of benzene rings is 3. The highest BCUT2D eigenvalue weighted by Gasteiger charge is 2.28. The Morgan fingerprint density at radius 3 is 2.31 bits per heavy atom. The van der Waals surface area contributed by atoms with Gasteiger partial charge in [0.2, 0.25) is 5.78 Å². The van der Waals surface area contributed by atoms with Gasteiger partial charge in [-0.3, -0.25) is 9.59 Å². The molecule has 11 heteroatoms. The van der Waals surface area contributed by atoms with Crippen molar-refractivity contribution in [2.24, 2.45) is 0 Å². The smallest absolute Gasteiger partial charge is 0.335 e. The SMILES string of the molecule is Cc1cc(C#N)cc2c1cc(C(=O)c1c(Cl)ccc(C(=O)N3CCOCC3)c1Cl)n2-c1ccccc1.O=S=O. The Bertz CT molecular complexity index is 1650. The van der Waals surface area contributed by atoms with Crippen LogP contribution in [0.5, 0.6) is 0 Å². The van der Waals surface area contributed by atoms with E-state index in [0.29, 0.717) is 43.1 Å². The van der Waals surface area contributed by atoms with Gasteiger partial charge in [-0.1, -0.05) is 41.4 Å². The number of rotatable bonds is 4. The number of amides is 1. The van der Waals surface area contributed by atoms with Crippen molar-refractivity contribution in [1.29, 1.82) is 5.26 Å². The van der Waals surface area contributed by atoms with Crippen molar-refractivity contribution < 1.29 is 22.7 Å². The third kappa shape index (κ3) is 5.65. The molecular weight excluding hydrogens is 561 g/mol. The summed E-state index contributed by atoms with van der Waals surface area (Å²) < 4.78 is 23.7. The van der Waals surface area contributed by atoms with Gasteiger partial charge in [0.1, 0.15) is 0 Å². The van der Waals surface area contributed by atoms with Crippen molar-refractivity contribution in [2.75, 3.05) is 26.3 Å². The van der Waals surface area contributed by atoms with Gasteiger partial charge >= 0.3 is 11.6 Å². The van der Waals surface area contributed by atoms with E-state index in [1.54, 1.807) is 33.7 Å². The van der Waals surface area contributed by atoms with E-state index < -0.39 is 17.4 Å². The summed E-state index contributed by atoms with van der Waals surface area (Å²) in [5.41, 5.74) is 3.43. The Hall–Kier alpha value is -3.81. The maximum Gasteiger partial charge on any atom is 0.335 e. The van der Waals surface area contributed by atoms with Crippen LogP contribution in [0.2, 0.25) is 10.0 Å². The molecule has 3 aromatic carbocycles. The third-order valence-electron chi connectivity index (χ3n) is 6.35. The average molecular weight is 582 g/mol. The molecule has 0 aliphatic carbocycles. The van der Waals surface area contributed by atoms with Crippen molar-refractivity contribution in [1.82, 2.24) is 9.47 Å². The lowest BCUT2D eigenvalue weighted by molar-refractivity contribution is 0.0303. The minimum Gasteiger partial charge on any atom is -0.378 e.